The van der Waals surface area contributed by atoms with Crippen molar-refractivity contribution in [3.8, 4) is 0 Å². The largest absolute Gasteiger partial charge is 0.355 e. The molecule has 2 rings (SSSR count). The molecule has 1 fully saturated rings. The molecular weight excluding hydrogens is 226 g/mol. The van der Waals surface area contributed by atoms with Crippen LogP contribution < -0.4 is 10.5 Å². The summed E-state index contributed by atoms with van der Waals surface area (Å²) in [4.78, 5) is 20.1. The van der Waals surface area contributed by atoms with Gasteiger partial charge in [0, 0.05) is 13.1 Å². The van der Waals surface area contributed by atoms with E-state index in [-0.39, 0.29) is 10.6 Å². The van der Waals surface area contributed by atoms with Crippen LogP contribution in [0.3, 0.4) is 0 Å². The van der Waals surface area contributed by atoms with Crippen LogP contribution in [0.15, 0.2) is 11.1 Å². The predicted molar refractivity (Wildman–Crippen MR) is 65.0 cm³/mol. The predicted octanol–water partition coefficient (Wildman–Crippen LogP) is 1.91. The van der Waals surface area contributed by atoms with E-state index in [4.69, 9.17) is 11.6 Å². The fourth-order valence-electron chi connectivity index (χ4n) is 2.43. The molecular formula is C11H16ClN3O. The summed E-state index contributed by atoms with van der Waals surface area (Å²) in [7, 11) is 0. The Morgan fingerprint density at radius 2 is 2.06 bits per heavy atom. The summed E-state index contributed by atoms with van der Waals surface area (Å²) in [5, 5.41) is 0.198. The molecule has 1 N–H and O–H groups in total. The highest BCUT2D eigenvalue weighted by atomic mass is 35.5. The zero-order valence-electron chi connectivity index (χ0n) is 9.53. The van der Waals surface area contributed by atoms with E-state index in [1.165, 1.54) is 12.7 Å². The van der Waals surface area contributed by atoms with E-state index >= 15 is 0 Å². The van der Waals surface area contributed by atoms with Crippen molar-refractivity contribution in [2.45, 2.75) is 20.3 Å². The number of piperidine rings is 1. The summed E-state index contributed by atoms with van der Waals surface area (Å²) >= 11 is 5.97. The monoisotopic (exact) mass is 241 g/mol. The second-order valence-corrected chi connectivity index (χ2v) is 5.10. The molecule has 0 aromatic carbocycles. The van der Waals surface area contributed by atoms with Gasteiger partial charge in [0.25, 0.3) is 5.56 Å². The summed E-state index contributed by atoms with van der Waals surface area (Å²) in [6, 6.07) is 0. The van der Waals surface area contributed by atoms with E-state index in [9.17, 15) is 4.79 Å². The van der Waals surface area contributed by atoms with Gasteiger partial charge in [-0.1, -0.05) is 25.4 Å². The smallest absolute Gasteiger partial charge is 0.271 e. The van der Waals surface area contributed by atoms with E-state index in [1.807, 2.05) is 0 Å². The van der Waals surface area contributed by atoms with Gasteiger partial charge in [0.1, 0.15) is 5.02 Å². The Kier molecular flexibility index (Phi) is 3.19. The highest BCUT2D eigenvalue weighted by molar-refractivity contribution is 6.32. The van der Waals surface area contributed by atoms with Crippen molar-refractivity contribution in [1.82, 2.24) is 9.97 Å². The Bertz CT molecular complexity index is 421. The minimum atomic E-state index is -0.266. The van der Waals surface area contributed by atoms with Crippen LogP contribution in [0.5, 0.6) is 0 Å². The number of aromatic nitrogens is 2. The molecule has 88 valence electrons. The summed E-state index contributed by atoms with van der Waals surface area (Å²) in [5.74, 6) is 1.84. The maximum absolute atomic E-state index is 11.4. The van der Waals surface area contributed by atoms with Crippen molar-refractivity contribution < 1.29 is 0 Å². The lowest BCUT2D eigenvalue weighted by molar-refractivity contribution is 0.355. The standard InChI is InChI=1S/C11H16ClN3O/c1-7-3-8(2)5-15(4-7)10-9(12)11(16)14-6-13-10/h6-8H,3-5H2,1-2H3,(H,13,14,16). The second-order valence-electron chi connectivity index (χ2n) is 4.72. The van der Waals surface area contributed by atoms with Gasteiger partial charge in [0.2, 0.25) is 0 Å². The van der Waals surface area contributed by atoms with Gasteiger partial charge in [0.05, 0.1) is 6.33 Å². The first-order chi connectivity index (χ1) is 7.58. The van der Waals surface area contributed by atoms with E-state index < -0.39 is 0 Å². The number of hydrogen-bond acceptors (Lipinski definition) is 3. The first kappa shape index (κ1) is 11.5. The number of halogens is 1. The summed E-state index contributed by atoms with van der Waals surface area (Å²) in [6.07, 6.45) is 2.63. The quantitative estimate of drug-likeness (QED) is 0.817. The maximum Gasteiger partial charge on any atom is 0.271 e. The van der Waals surface area contributed by atoms with Crippen LogP contribution in [0.25, 0.3) is 0 Å². The van der Waals surface area contributed by atoms with Gasteiger partial charge in [-0.25, -0.2) is 4.98 Å². The molecule has 0 saturated carbocycles. The third-order valence-corrected chi connectivity index (χ3v) is 3.29. The Hall–Kier alpha value is -1.03. The lowest BCUT2D eigenvalue weighted by Crippen LogP contribution is -2.40. The van der Waals surface area contributed by atoms with Crippen LogP contribution in [-0.4, -0.2) is 23.1 Å². The molecule has 4 nitrogen and oxygen atoms in total. The first-order valence-corrected chi connectivity index (χ1v) is 5.94. The summed E-state index contributed by atoms with van der Waals surface area (Å²) < 4.78 is 0. The highest BCUT2D eigenvalue weighted by Gasteiger charge is 2.24. The minimum Gasteiger partial charge on any atom is -0.355 e. The molecule has 1 aliphatic heterocycles. The zero-order valence-corrected chi connectivity index (χ0v) is 10.3. The Balaban J connectivity index is 2.30. The lowest BCUT2D eigenvalue weighted by Gasteiger charge is -2.35. The number of aromatic amines is 1. The molecule has 0 amide bonds. The molecule has 0 aliphatic carbocycles. The first-order valence-electron chi connectivity index (χ1n) is 5.56. The van der Waals surface area contributed by atoms with Crippen molar-refractivity contribution in [3.05, 3.63) is 21.7 Å². The molecule has 0 radical (unpaired) electrons. The van der Waals surface area contributed by atoms with Crippen molar-refractivity contribution in [3.63, 3.8) is 0 Å². The van der Waals surface area contributed by atoms with Crippen molar-refractivity contribution in [2.24, 2.45) is 11.8 Å². The fourth-order valence-corrected chi connectivity index (χ4v) is 2.65. The van der Waals surface area contributed by atoms with Gasteiger partial charge in [-0.2, -0.15) is 0 Å². The van der Waals surface area contributed by atoms with Crippen LogP contribution in [0.2, 0.25) is 5.02 Å². The Labute approximate surface area is 99.6 Å². The van der Waals surface area contributed by atoms with Crippen LogP contribution >= 0.6 is 11.6 Å². The molecule has 0 spiro atoms. The third kappa shape index (κ3) is 2.21. The number of anilines is 1. The Morgan fingerprint density at radius 3 is 2.69 bits per heavy atom. The van der Waals surface area contributed by atoms with E-state index in [0.29, 0.717) is 17.7 Å². The Morgan fingerprint density at radius 1 is 1.44 bits per heavy atom. The van der Waals surface area contributed by atoms with Gasteiger partial charge in [-0.3, -0.25) is 4.79 Å². The molecule has 1 saturated heterocycles. The molecule has 0 bridgehead atoms. The summed E-state index contributed by atoms with van der Waals surface area (Å²) in [5.41, 5.74) is -0.266. The maximum atomic E-state index is 11.4. The number of nitrogens with zero attached hydrogens (tertiary/aromatic N) is 2. The van der Waals surface area contributed by atoms with Gasteiger partial charge in [0.15, 0.2) is 5.82 Å². The fraction of sp³-hybridized carbons (Fsp3) is 0.636. The van der Waals surface area contributed by atoms with Crippen molar-refractivity contribution >= 4 is 17.4 Å². The zero-order chi connectivity index (χ0) is 11.7. The molecule has 2 atom stereocenters. The molecule has 2 unspecified atom stereocenters. The van der Waals surface area contributed by atoms with Gasteiger partial charge >= 0.3 is 0 Å². The number of nitrogens with one attached hydrogen (secondary N) is 1. The van der Waals surface area contributed by atoms with Crippen molar-refractivity contribution in [1.29, 1.82) is 0 Å². The number of H-pyrrole nitrogens is 1. The number of hydrogen-bond donors (Lipinski definition) is 1. The SMILES string of the molecule is CC1CC(C)CN(c2nc[nH]c(=O)c2Cl)C1. The van der Waals surface area contributed by atoms with Crippen LogP contribution in [0.4, 0.5) is 5.82 Å². The molecule has 1 aromatic heterocycles. The van der Waals surface area contributed by atoms with Gasteiger partial charge in [-0.15, -0.1) is 0 Å². The van der Waals surface area contributed by atoms with Crippen LogP contribution in [0, 0.1) is 11.8 Å². The van der Waals surface area contributed by atoms with E-state index in [0.717, 1.165) is 13.1 Å². The average molecular weight is 242 g/mol. The molecule has 2 heterocycles. The molecule has 16 heavy (non-hydrogen) atoms. The molecule has 1 aliphatic rings. The van der Waals surface area contributed by atoms with Crippen molar-refractivity contribution in [2.75, 3.05) is 18.0 Å². The molecule has 1 aromatic rings. The lowest BCUT2D eigenvalue weighted by atomic mass is 9.92. The second kappa shape index (κ2) is 4.45. The van der Waals surface area contributed by atoms with Gasteiger partial charge in [-0.05, 0) is 18.3 Å². The van der Waals surface area contributed by atoms with E-state index in [2.05, 4.69) is 28.7 Å². The minimum absolute atomic E-state index is 0.198. The summed E-state index contributed by atoms with van der Waals surface area (Å²) in [6.45, 7) is 6.26. The average Bonchev–Trinajstić information content (AvgIpc) is 2.20. The molecule has 5 heteroatoms. The third-order valence-electron chi connectivity index (χ3n) is 2.95. The van der Waals surface area contributed by atoms with Crippen LogP contribution in [-0.2, 0) is 0 Å². The van der Waals surface area contributed by atoms with Crippen LogP contribution in [0.1, 0.15) is 20.3 Å². The highest BCUT2D eigenvalue weighted by Crippen LogP contribution is 2.27. The van der Waals surface area contributed by atoms with Gasteiger partial charge < -0.3 is 9.88 Å². The van der Waals surface area contributed by atoms with E-state index in [1.54, 1.807) is 0 Å². The normalized spacial score (nSPS) is 25.8. The number of rotatable bonds is 1. The topological polar surface area (TPSA) is 49.0 Å².